The van der Waals surface area contributed by atoms with E-state index in [2.05, 4.69) is 5.32 Å². The lowest BCUT2D eigenvalue weighted by atomic mass is 10.1. The third-order valence-corrected chi connectivity index (χ3v) is 4.15. The summed E-state index contributed by atoms with van der Waals surface area (Å²) in [6.07, 6.45) is 0. The number of nitrogens with zero attached hydrogens (tertiary/aromatic N) is 1. The van der Waals surface area contributed by atoms with Gasteiger partial charge in [0.2, 0.25) is 6.79 Å². The van der Waals surface area contributed by atoms with Crippen molar-refractivity contribution in [2.75, 3.05) is 6.79 Å². The van der Waals surface area contributed by atoms with Crippen LogP contribution in [0.3, 0.4) is 0 Å². The van der Waals surface area contributed by atoms with Crippen molar-refractivity contribution in [1.29, 1.82) is 0 Å². The van der Waals surface area contributed by atoms with Crippen molar-refractivity contribution in [2.24, 2.45) is 0 Å². The Hall–Kier alpha value is -2.61. The zero-order valence-electron chi connectivity index (χ0n) is 11.6. The topological polar surface area (TPSA) is 90.7 Å². The summed E-state index contributed by atoms with van der Waals surface area (Å²) in [6, 6.07) is 6.45. The van der Waals surface area contributed by atoms with Crippen LogP contribution in [-0.4, -0.2) is 17.6 Å². The maximum atomic E-state index is 12.1. The van der Waals surface area contributed by atoms with E-state index in [1.807, 2.05) is 19.1 Å². The first-order chi connectivity index (χ1) is 10.5. The van der Waals surface area contributed by atoms with Crippen LogP contribution in [0.25, 0.3) is 0 Å². The minimum absolute atomic E-state index is 0.0547. The number of rotatable bonds is 4. The number of amides is 1. The highest BCUT2D eigenvalue weighted by atomic mass is 32.1. The molecule has 0 spiro atoms. The molecule has 114 valence electrons. The van der Waals surface area contributed by atoms with Gasteiger partial charge in [-0.25, -0.2) is 0 Å². The van der Waals surface area contributed by atoms with Gasteiger partial charge < -0.3 is 14.8 Å². The largest absolute Gasteiger partial charge is 0.454 e. The van der Waals surface area contributed by atoms with E-state index < -0.39 is 4.92 Å². The number of carbonyl (C=O) groups excluding carboxylic acids is 1. The van der Waals surface area contributed by atoms with Crippen LogP contribution < -0.4 is 14.8 Å². The van der Waals surface area contributed by atoms with Gasteiger partial charge in [-0.2, -0.15) is 0 Å². The molecule has 1 aromatic carbocycles. The minimum Gasteiger partial charge on any atom is -0.454 e. The molecule has 0 fully saturated rings. The van der Waals surface area contributed by atoms with Crippen LogP contribution in [-0.2, 0) is 0 Å². The zero-order valence-corrected chi connectivity index (χ0v) is 12.4. The molecule has 1 N–H and O–H groups in total. The second-order valence-electron chi connectivity index (χ2n) is 4.74. The third-order valence-electron chi connectivity index (χ3n) is 3.27. The normalized spacial score (nSPS) is 13.7. The Balaban J connectivity index is 1.71. The van der Waals surface area contributed by atoms with Gasteiger partial charge in [0.05, 0.1) is 16.5 Å². The average molecular weight is 320 g/mol. The number of thiophene rings is 1. The number of nitro groups is 1. The molecule has 0 saturated heterocycles. The van der Waals surface area contributed by atoms with E-state index in [9.17, 15) is 14.9 Å². The molecule has 1 atom stereocenters. The molecule has 1 aromatic heterocycles. The molecule has 1 aliphatic rings. The Bertz CT molecular complexity index is 743. The van der Waals surface area contributed by atoms with Gasteiger partial charge in [-0.15, -0.1) is 0 Å². The van der Waals surface area contributed by atoms with Crippen molar-refractivity contribution in [2.45, 2.75) is 13.0 Å². The quantitative estimate of drug-likeness (QED) is 0.691. The SMILES string of the molecule is CC(NC(=O)c1csc([N+](=O)[O-])c1)c1ccc2c(c1)OCO2. The van der Waals surface area contributed by atoms with E-state index in [0.29, 0.717) is 11.5 Å². The standard InChI is InChI=1S/C14H12N2O5S/c1-8(9-2-3-11-12(4-9)21-7-20-11)15-14(17)10-5-13(16(18)19)22-6-10/h2-6,8H,7H2,1H3,(H,15,17). The van der Waals surface area contributed by atoms with E-state index in [1.165, 1.54) is 11.4 Å². The fraction of sp³-hybridized carbons (Fsp3) is 0.214. The van der Waals surface area contributed by atoms with Crippen molar-refractivity contribution in [3.8, 4) is 11.5 Å². The molecule has 1 amide bonds. The molecule has 3 rings (SSSR count). The Morgan fingerprint density at radius 2 is 2.14 bits per heavy atom. The minimum atomic E-state index is -0.511. The molecule has 0 bridgehead atoms. The van der Waals surface area contributed by atoms with Gasteiger partial charge in [-0.3, -0.25) is 14.9 Å². The summed E-state index contributed by atoms with van der Waals surface area (Å²) < 4.78 is 10.5. The van der Waals surface area contributed by atoms with Crippen LogP contribution in [0.5, 0.6) is 11.5 Å². The number of hydrogen-bond donors (Lipinski definition) is 1. The van der Waals surface area contributed by atoms with Crippen molar-refractivity contribution in [3.63, 3.8) is 0 Å². The van der Waals surface area contributed by atoms with Crippen molar-refractivity contribution in [3.05, 3.63) is 50.9 Å². The summed E-state index contributed by atoms with van der Waals surface area (Å²) >= 11 is 0.929. The Morgan fingerprint density at radius 1 is 1.36 bits per heavy atom. The van der Waals surface area contributed by atoms with Crippen LogP contribution in [0.1, 0.15) is 28.9 Å². The molecular formula is C14H12N2O5S. The first-order valence-corrected chi connectivity index (χ1v) is 7.36. The molecule has 0 saturated carbocycles. The second kappa shape index (κ2) is 5.64. The van der Waals surface area contributed by atoms with E-state index in [1.54, 1.807) is 6.07 Å². The van der Waals surface area contributed by atoms with Crippen LogP contribution in [0.4, 0.5) is 5.00 Å². The zero-order chi connectivity index (χ0) is 15.7. The first kappa shape index (κ1) is 14.3. The lowest BCUT2D eigenvalue weighted by molar-refractivity contribution is -0.380. The molecule has 8 heteroatoms. The van der Waals surface area contributed by atoms with E-state index in [0.717, 1.165) is 16.9 Å². The third kappa shape index (κ3) is 2.73. The maximum Gasteiger partial charge on any atom is 0.324 e. The van der Waals surface area contributed by atoms with Gasteiger partial charge in [-0.05, 0) is 24.6 Å². The van der Waals surface area contributed by atoms with Crippen LogP contribution in [0.15, 0.2) is 29.6 Å². The smallest absolute Gasteiger partial charge is 0.324 e. The molecule has 1 unspecified atom stereocenters. The predicted molar refractivity (Wildman–Crippen MR) is 79.4 cm³/mol. The molecule has 2 aromatic rings. The summed E-state index contributed by atoms with van der Waals surface area (Å²) in [5, 5.41) is 14.9. The number of benzene rings is 1. The molecule has 1 aliphatic heterocycles. The highest BCUT2D eigenvalue weighted by Crippen LogP contribution is 2.34. The fourth-order valence-electron chi connectivity index (χ4n) is 2.09. The fourth-order valence-corrected chi connectivity index (χ4v) is 2.79. The molecular weight excluding hydrogens is 308 g/mol. The van der Waals surface area contributed by atoms with Crippen LogP contribution >= 0.6 is 11.3 Å². The highest BCUT2D eigenvalue weighted by Gasteiger charge is 2.19. The number of carbonyl (C=O) groups is 1. The summed E-state index contributed by atoms with van der Waals surface area (Å²) in [5.41, 5.74) is 1.15. The maximum absolute atomic E-state index is 12.1. The van der Waals surface area contributed by atoms with E-state index in [4.69, 9.17) is 9.47 Å². The number of ether oxygens (including phenoxy) is 2. The lowest BCUT2D eigenvalue weighted by Crippen LogP contribution is -2.26. The number of hydrogen-bond acceptors (Lipinski definition) is 6. The van der Waals surface area contributed by atoms with Gasteiger partial charge in [0, 0.05) is 11.4 Å². The Morgan fingerprint density at radius 3 is 2.86 bits per heavy atom. The van der Waals surface area contributed by atoms with Crippen molar-refractivity contribution < 1.29 is 19.2 Å². The Kier molecular flexibility index (Phi) is 3.68. The summed E-state index contributed by atoms with van der Waals surface area (Å²) in [4.78, 5) is 22.3. The van der Waals surface area contributed by atoms with Gasteiger partial charge in [0.25, 0.3) is 5.91 Å². The molecule has 7 nitrogen and oxygen atoms in total. The summed E-state index contributed by atoms with van der Waals surface area (Å²) in [5.74, 6) is 0.968. The van der Waals surface area contributed by atoms with E-state index in [-0.39, 0.29) is 29.3 Å². The summed E-state index contributed by atoms with van der Waals surface area (Å²) in [7, 11) is 0. The molecule has 22 heavy (non-hydrogen) atoms. The Labute approximate surface area is 129 Å². The van der Waals surface area contributed by atoms with E-state index >= 15 is 0 Å². The van der Waals surface area contributed by atoms with Gasteiger partial charge in [0.1, 0.15) is 0 Å². The average Bonchev–Trinajstić information content (AvgIpc) is 3.15. The lowest BCUT2D eigenvalue weighted by Gasteiger charge is -2.14. The first-order valence-electron chi connectivity index (χ1n) is 6.48. The van der Waals surface area contributed by atoms with Crippen LogP contribution in [0.2, 0.25) is 0 Å². The summed E-state index contributed by atoms with van der Waals surface area (Å²) in [6.45, 7) is 2.02. The molecule has 0 aliphatic carbocycles. The van der Waals surface area contributed by atoms with Crippen LogP contribution in [0, 0.1) is 10.1 Å². The predicted octanol–water partition coefficient (Wildman–Crippen LogP) is 2.88. The highest BCUT2D eigenvalue weighted by molar-refractivity contribution is 7.13. The van der Waals surface area contributed by atoms with Crippen molar-refractivity contribution >= 4 is 22.2 Å². The van der Waals surface area contributed by atoms with Gasteiger partial charge in [0.15, 0.2) is 11.5 Å². The monoisotopic (exact) mass is 320 g/mol. The molecule has 0 radical (unpaired) electrons. The second-order valence-corrected chi connectivity index (χ2v) is 5.63. The number of nitrogens with one attached hydrogen (secondary N) is 1. The van der Waals surface area contributed by atoms with Gasteiger partial charge >= 0.3 is 5.00 Å². The molecule has 2 heterocycles. The van der Waals surface area contributed by atoms with Gasteiger partial charge in [-0.1, -0.05) is 17.4 Å². The van der Waals surface area contributed by atoms with Crippen molar-refractivity contribution in [1.82, 2.24) is 5.32 Å². The number of fused-ring (bicyclic) bond motifs is 1.